The Bertz CT molecular complexity index is 333. The molecule has 0 aliphatic carbocycles. The summed E-state index contributed by atoms with van der Waals surface area (Å²) in [7, 11) is 0. The summed E-state index contributed by atoms with van der Waals surface area (Å²) in [6, 6.07) is -0.246. The van der Waals surface area contributed by atoms with E-state index in [9.17, 15) is 15.0 Å². The minimum atomic E-state index is -0.775. The fraction of sp³-hybridized carbons (Fsp3) is 0.933. The summed E-state index contributed by atoms with van der Waals surface area (Å²) in [5, 5.41) is 22.4. The number of carbonyl (C=O) groups excluding carboxylic acids is 1. The van der Waals surface area contributed by atoms with Crippen molar-refractivity contribution in [2.45, 2.75) is 63.2 Å². The Morgan fingerprint density at radius 1 is 1.32 bits per heavy atom. The Morgan fingerprint density at radius 2 is 2.00 bits per heavy atom. The fourth-order valence-corrected chi connectivity index (χ4v) is 4.01. The summed E-state index contributed by atoms with van der Waals surface area (Å²) in [5.74, 6) is 0.625. The summed E-state index contributed by atoms with van der Waals surface area (Å²) >= 11 is 1.64. The maximum Gasteiger partial charge on any atom is 0.217 e. The minimum absolute atomic E-state index is 0.136. The maximum atomic E-state index is 11.4. The third-order valence-electron chi connectivity index (χ3n) is 4.02. The number of rotatable bonds is 9. The van der Waals surface area contributed by atoms with Gasteiger partial charge in [-0.2, -0.15) is 0 Å². The Balaban J connectivity index is 2.52. The van der Waals surface area contributed by atoms with Crippen molar-refractivity contribution >= 4 is 17.7 Å². The number of thioether (sulfide) groups is 1. The Hall–Kier alpha value is -0.340. The number of amides is 1. The third kappa shape index (κ3) is 6.04. The zero-order valence-corrected chi connectivity index (χ0v) is 14.3. The molecule has 0 aromatic carbocycles. The third-order valence-corrected chi connectivity index (χ3v) is 5.28. The molecule has 5 atom stereocenters. The average Bonchev–Trinajstić information content (AvgIpc) is 2.49. The second-order valence-corrected chi connectivity index (χ2v) is 7.08. The molecule has 1 saturated heterocycles. The second kappa shape index (κ2) is 10.4. The van der Waals surface area contributed by atoms with E-state index in [1.807, 2.05) is 6.92 Å². The lowest BCUT2D eigenvalue weighted by molar-refractivity contribution is -0.148. The average molecular weight is 334 g/mol. The Morgan fingerprint density at radius 3 is 2.59 bits per heavy atom. The van der Waals surface area contributed by atoms with Crippen LogP contribution in [0.4, 0.5) is 0 Å². The molecule has 1 rings (SSSR count). The van der Waals surface area contributed by atoms with Gasteiger partial charge < -0.3 is 26.0 Å². The van der Waals surface area contributed by atoms with E-state index in [1.54, 1.807) is 11.8 Å². The van der Waals surface area contributed by atoms with Gasteiger partial charge in [0.05, 0.1) is 18.8 Å². The predicted molar refractivity (Wildman–Crippen MR) is 88.5 cm³/mol. The largest absolute Gasteiger partial charge is 0.394 e. The second-order valence-electron chi connectivity index (χ2n) is 5.88. The van der Waals surface area contributed by atoms with Gasteiger partial charge in [-0.3, -0.25) is 4.79 Å². The van der Waals surface area contributed by atoms with Gasteiger partial charge in [0.25, 0.3) is 0 Å². The molecule has 1 aliphatic heterocycles. The highest BCUT2D eigenvalue weighted by molar-refractivity contribution is 7.99. The van der Waals surface area contributed by atoms with Crippen molar-refractivity contribution in [1.82, 2.24) is 5.32 Å². The molecule has 130 valence electrons. The molecule has 0 bridgehead atoms. The molecule has 7 heteroatoms. The standard InChI is InChI=1S/C15H30N2O4S/c1-10-13(17-11(2)19)15(21-12(9-18)14(10)20)22-8-6-4-3-5-7-16/h10,12-15,18,20H,3-9,16H2,1-2H3,(H,17,19). The maximum absolute atomic E-state index is 11.4. The van der Waals surface area contributed by atoms with Crippen LogP contribution in [0.1, 0.15) is 39.5 Å². The van der Waals surface area contributed by atoms with Gasteiger partial charge in [0, 0.05) is 12.8 Å². The van der Waals surface area contributed by atoms with E-state index in [0.29, 0.717) is 0 Å². The summed E-state index contributed by atoms with van der Waals surface area (Å²) < 4.78 is 5.79. The van der Waals surface area contributed by atoms with Crippen molar-refractivity contribution in [2.75, 3.05) is 18.9 Å². The number of unbranched alkanes of at least 4 members (excludes halogenated alkanes) is 3. The summed E-state index contributed by atoms with van der Waals surface area (Å²) in [5.41, 5.74) is 5.23. The van der Waals surface area contributed by atoms with E-state index < -0.39 is 12.2 Å². The predicted octanol–water partition coefficient (Wildman–Crippen LogP) is 0.458. The van der Waals surface area contributed by atoms with Crippen molar-refractivity contribution in [2.24, 2.45) is 11.7 Å². The number of aliphatic hydroxyl groups is 2. The van der Waals surface area contributed by atoms with Crippen molar-refractivity contribution in [3.63, 3.8) is 0 Å². The van der Waals surface area contributed by atoms with E-state index in [1.165, 1.54) is 6.92 Å². The Labute approximate surface area is 137 Å². The first kappa shape index (κ1) is 19.7. The molecule has 0 saturated carbocycles. The summed E-state index contributed by atoms with van der Waals surface area (Å²) in [6.45, 7) is 3.86. The molecule has 1 amide bonds. The summed E-state index contributed by atoms with van der Waals surface area (Å²) in [4.78, 5) is 11.4. The van der Waals surface area contributed by atoms with Gasteiger partial charge in [0.1, 0.15) is 11.5 Å². The molecule has 0 aromatic rings. The zero-order chi connectivity index (χ0) is 16.5. The van der Waals surface area contributed by atoms with Crippen LogP contribution < -0.4 is 11.1 Å². The molecule has 0 aromatic heterocycles. The first-order valence-corrected chi connectivity index (χ1v) is 9.09. The molecule has 5 unspecified atom stereocenters. The molecular formula is C15H30N2O4S. The first-order chi connectivity index (χ1) is 10.5. The van der Waals surface area contributed by atoms with Crippen LogP contribution in [0, 0.1) is 5.92 Å². The highest BCUT2D eigenvalue weighted by Crippen LogP contribution is 2.32. The van der Waals surface area contributed by atoms with Crippen LogP contribution in [-0.2, 0) is 9.53 Å². The highest BCUT2D eigenvalue weighted by atomic mass is 32.2. The van der Waals surface area contributed by atoms with E-state index in [4.69, 9.17) is 10.5 Å². The van der Waals surface area contributed by atoms with Crippen LogP contribution in [0.25, 0.3) is 0 Å². The van der Waals surface area contributed by atoms with Crippen molar-refractivity contribution in [1.29, 1.82) is 0 Å². The lowest BCUT2D eigenvalue weighted by Crippen LogP contribution is -2.59. The van der Waals surface area contributed by atoms with Gasteiger partial charge >= 0.3 is 0 Å². The van der Waals surface area contributed by atoms with Gasteiger partial charge in [-0.05, 0) is 25.1 Å². The van der Waals surface area contributed by atoms with Crippen LogP contribution in [0.5, 0.6) is 0 Å². The number of ether oxygens (including phenoxy) is 1. The van der Waals surface area contributed by atoms with Gasteiger partial charge in [-0.1, -0.05) is 19.8 Å². The fourth-order valence-electron chi connectivity index (χ4n) is 2.66. The van der Waals surface area contributed by atoms with Gasteiger partial charge in [0.2, 0.25) is 5.91 Å². The number of aliphatic hydroxyl groups excluding tert-OH is 2. The van der Waals surface area contributed by atoms with Crippen molar-refractivity contribution in [3.05, 3.63) is 0 Å². The molecule has 0 radical (unpaired) electrons. The monoisotopic (exact) mass is 334 g/mol. The normalized spacial score (nSPS) is 32.0. The molecular weight excluding hydrogens is 304 g/mol. The number of carbonyl (C=O) groups is 1. The van der Waals surface area contributed by atoms with Gasteiger partial charge in [-0.15, -0.1) is 11.8 Å². The lowest BCUT2D eigenvalue weighted by atomic mass is 9.89. The van der Waals surface area contributed by atoms with E-state index in [-0.39, 0.29) is 29.9 Å². The topological polar surface area (TPSA) is 105 Å². The van der Waals surface area contributed by atoms with Crippen LogP contribution in [0.3, 0.4) is 0 Å². The Kier molecular flexibility index (Phi) is 9.35. The van der Waals surface area contributed by atoms with Gasteiger partial charge in [0.15, 0.2) is 0 Å². The van der Waals surface area contributed by atoms with E-state index in [0.717, 1.165) is 38.0 Å². The minimum Gasteiger partial charge on any atom is -0.394 e. The molecule has 1 aliphatic rings. The molecule has 0 spiro atoms. The highest BCUT2D eigenvalue weighted by Gasteiger charge is 2.43. The van der Waals surface area contributed by atoms with Crippen molar-refractivity contribution < 1.29 is 19.7 Å². The zero-order valence-electron chi connectivity index (χ0n) is 13.5. The molecule has 1 heterocycles. The smallest absolute Gasteiger partial charge is 0.217 e. The van der Waals surface area contributed by atoms with E-state index in [2.05, 4.69) is 5.32 Å². The number of nitrogens with one attached hydrogen (secondary N) is 1. The van der Waals surface area contributed by atoms with Gasteiger partial charge in [-0.25, -0.2) is 0 Å². The number of hydrogen-bond donors (Lipinski definition) is 4. The van der Waals surface area contributed by atoms with Crippen molar-refractivity contribution in [3.8, 4) is 0 Å². The van der Waals surface area contributed by atoms with Crippen LogP contribution in [0.2, 0.25) is 0 Å². The van der Waals surface area contributed by atoms with Crippen LogP contribution >= 0.6 is 11.8 Å². The molecule has 1 fully saturated rings. The number of nitrogens with two attached hydrogens (primary N) is 1. The van der Waals surface area contributed by atoms with E-state index >= 15 is 0 Å². The molecule has 22 heavy (non-hydrogen) atoms. The van der Waals surface area contributed by atoms with Crippen LogP contribution in [-0.4, -0.2) is 58.7 Å². The molecule has 6 nitrogen and oxygen atoms in total. The molecule has 5 N–H and O–H groups in total. The SMILES string of the molecule is CC(=O)NC1C(SCCCCCCN)OC(CO)C(O)C1C. The number of hydrogen-bond acceptors (Lipinski definition) is 6. The summed E-state index contributed by atoms with van der Waals surface area (Å²) in [6.07, 6.45) is 3.01. The quantitative estimate of drug-likeness (QED) is 0.457. The first-order valence-electron chi connectivity index (χ1n) is 8.04. The van der Waals surface area contributed by atoms with Crippen LogP contribution in [0.15, 0.2) is 0 Å². The lowest BCUT2D eigenvalue weighted by Gasteiger charge is -2.43.